The molecule has 0 unspecified atom stereocenters. The summed E-state index contributed by atoms with van der Waals surface area (Å²) >= 11 is 3.30. The zero-order valence-corrected chi connectivity index (χ0v) is 18.9. The Balaban J connectivity index is 1.52. The van der Waals surface area contributed by atoms with Gasteiger partial charge in [-0.3, -0.25) is 9.69 Å². The van der Waals surface area contributed by atoms with E-state index >= 15 is 0 Å². The number of benzene rings is 2. The Morgan fingerprint density at radius 1 is 1.10 bits per heavy atom. The third-order valence-electron chi connectivity index (χ3n) is 4.79. The van der Waals surface area contributed by atoms with E-state index in [2.05, 4.69) is 26.5 Å². The number of para-hydroxylation sites is 1. The highest BCUT2D eigenvalue weighted by molar-refractivity contribution is 9.10. The Kier molecular flexibility index (Phi) is 7.24. The van der Waals surface area contributed by atoms with Gasteiger partial charge in [-0.2, -0.15) is 9.41 Å². The minimum Gasteiger partial charge on any atom is -0.507 e. The molecule has 1 aliphatic rings. The van der Waals surface area contributed by atoms with Crippen LogP contribution in [0.2, 0.25) is 0 Å². The fraction of sp³-hybridized carbons (Fsp3) is 0.300. The highest BCUT2D eigenvalue weighted by Crippen LogP contribution is 2.20. The third-order valence-corrected chi connectivity index (χ3v) is 7.23. The molecule has 30 heavy (non-hydrogen) atoms. The van der Waals surface area contributed by atoms with Gasteiger partial charge in [-0.15, -0.1) is 0 Å². The van der Waals surface area contributed by atoms with E-state index < -0.39 is 10.0 Å². The second-order valence-corrected chi connectivity index (χ2v) is 9.74. The van der Waals surface area contributed by atoms with E-state index in [0.29, 0.717) is 37.5 Å². The Labute approximate surface area is 184 Å². The van der Waals surface area contributed by atoms with Crippen molar-refractivity contribution in [1.29, 1.82) is 0 Å². The van der Waals surface area contributed by atoms with Crippen molar-refractivity contribution in [2.45, 2.75) is 11.8 Å². The van der Waals surface area contributed by atoms with Crippen molar-refractivity contribution in [3.05, 3.63) is 58.6 Å². The zero-order valence-electron chi connectivity index (χ0n) is 16.5. The minimum atomic E-state index is -3.55. The monoisotopic (exact) mass is 494 g/mol. The van der Waals surface area contributed by atoms with Crippen LogP contribution in [0.25, 0.3) is 0 Å². The maximum absolute atomic E-state index is 12.7. The molecule has 0 atom stereocenters. The van der Waals surface area contributed by atoms with Crippen LogP contribution in [-0.4, -0.2) is 67.1 Å². The van der Waals surface area contributed by atoms with Gasteiger partial charge in [0.05, 0.1) is 17.2 Å². The molecule has 8 nitrogen and oxygen atoms in total. The molecule has 10 heteroatoms. The van der Waals surface area contributed by atoms with Crippen LogP contribution in [0.5, 0.6) is 5.75 Å². The molecular formula is C20H23BrN4O4S. The number of phenolic OH excluding ortho intramolecular Hbond substituents is 1. The highest BCUT2D eigenvalue weighted by Gasteiger charge is 2.29. The number of aromatic hydroxyl groups is 1. The molecule has 1 saturated heterocycles. The van der Waals surface area contributed by atoms with E-state index in [9.17, 15) is 18.3 Å². The molecule has 2 N–H and O–H groups in total. The summed E-state index contributed by atoms with van der Waals surface area (Å²) in [6.07, 6.45) is 0. The van der Waals surface area contributed by atoms with Gasteiger partial charge >= 0.3 is 0 Å². The first-order valence-corrected chi connectivity index (χ1v) is 11.6. The SMILES string of the molecule is C/C(=N/NC(=O)CN1CCN(S(=O)(=O)c2ccc(Br)cc2)CC1)c1ccccc1O. The van der Waals surface area contributed by atoms with E-state index in [0.717, 1.165) is 4.47 Å². The molecular weight excluding hydrogens is 472 g/mol. The fourth-order valence-corrected chi connectivity index (χ4v) is 4.79. The summed E-state index contributed by atoms with van der Waals surface area (Å²) in [5, 5.41) is 13.9. The molecule has 1 heterocycles. The number of hydrogen-bond acceptors (Lipinski definition) is 6. The molecule has 0 aliphatic carbocycles. The van der Waals surface area contributed by atoms with Crippen LogP contribution in [0.3, 0.4) is 0 Å². The number of amides is 1. The van der Waals surface area contributed by atoms with Crippen molar-refractivity contribution >= 4 is 37.6 Å². The molecule has 160 valence electrons. The quantitative estimate of drug-likeness (QED) is 0.472. The van der Waals surface area contributed by atoms with Gasteiger partial charge in [-0.25, -0.2) is 13.8 Å². The molecule has 1 fully saturated rings. The number of piperazine rings is 1. The van der Waals surface area contributed by atoms with Crippen LogP contribution in [0.4, 0.5) is 0 Å². The van der Waals surface area contributed by atoms with Gasteiger partial charge < -0.3 is 5.11 Å². The lowest BCUT2D eigenvalue weighted by Crippen LogP contribution is -2.50. The molecule has 0 saturated carbocycles. The summed E-state index contributed by atoms with van der Waals surface area (Å²) < 4.78 is 27.7. The fourth-order valence-electron chi connectivity index (χ4n) is 3.11. The van der Waals surface area contributed by atoms with Gasteiger partial charge in [0.15, 0.2) is 0 Å². The van der Waals surface area contributed by atoms with E-state index in [1.54, 1.807) is 55.5 Å². The smallest absolute Gasteiger partial charge is 0.254 e. The predicted molar refractivity (Wildman–Crippen MR) is 118 cm³/mol. The second-order valence-electron chi connectivity index (χ2n) is 6.88. The molecule has 0 bridgehead atoms. The van der Waals surface area contributed by atoms with Crippen molar-refractivity contribution in [2.24, 2.45) is 5.10 Å². The number of nitrogens with one attached hydrogen (secondary N) is 1. The number of sulfonamides is 1. The Bertz CT molecular complexity index is 1030. The topological polar surface area (TPSA) is 102 Å². The summed E-state index contributed by atoms with van der Waals surface area (Å²) in [5.74, 6) is -0.204. The molecule has 3 rings (SSSR count). The van der Waals surface area contributed by atoms with Gasteiger partial charge in [0, 0.05) is 36.2 Å². The molecule has 0 spiro atoms. The van der Waals surface area contributed by atoms with Crippen LogP contribution >= 0.6 is 15.9 Å². The number of phenols is 1. The minimum absolute atomic E-state index is 0.0936. The van der Waals surface area contributed by atoms with Gasteiger partial charge in [0.1, 0.15) is 5.75 Å². The van der Waals surface area contributed by atoms with Crippen molar-refractivity contribution < 1.29 is 18.3 Å². The number of carbonyl (C=O) groups is 1. The second kappa shape index (κ2) is 9.69. The van der Waals surface area contributed by atoms with E-state index in [1.165, 1.54) is 4.31 Å². The van der Waals surface area contributed by atoms with Crippen molar-refractivity contribution in [1.82, 2.24) is 14.6 Å². The lowest BCUT2D eigenvalue weighted by Gasteiger charge is -2.33. The van der Waals surface area contributed by atoms with E-state index in [-0.39, 0.29) is 23.1 Å². The zero-order chi connectivity index (χ0) is 21.7. The van der Waals surface area contributed by atoms with Crippen molar-refractivity contribution in [2.75, 3.05) is 32.7 Å². The first-order valence-electron chi connectivity index (χ1n) is 9.37. The van der Waals surface area contributed by atoms with Gasteiger partial charge in [-0.1, -0.05) is 28.1 Å². The number of hydrazone groups is 1. The lowest BCUT2D eigenvalue weighted by atomic mass is 10.1. The van der Waals surface area contributed by atoms with Crippen molar-refractivity contribution in [3.8, 4) is 5.75 Å². The third kappa shape index (κ3) is 5.45. The molecule has 1 aliphatic heterocycles. The van der Waals surface area contributed by atoms with Crippen LogP contribution in [0.1, 0.15) is 12.5 Å². The number of halogens is 1. The summed E-state index contributed by atoms with van der Waals surface area (Å²) in [6, 6.07) is 13.3. The Morgan fingerprint density at radius 2 is 1.73 bits per heavy atom. The normalized spacial score (nSPS) is 16.4. The number of hydrogen-bond donors (Lipinski definition) is 2. The number of nitrogens with zero attached hydrogens (tertiary/aromatic N) is 3. The Morgan fingerprint density at radius 3 is 2.37 bits per heavy atom. The highest BCUT2D eigenvalue weighted by atomic mass is 79.9. The molecule has 0 aromatic heterocycles. The van der Waals surface area contributed by atoms with Gasteiger partial charge in [0.25, 0.3) is 5.91 Å². The molecule has 0 radical (unpaired) electrons. The predicted octanol–water partition coefficient (Wildman–Crippen LogP) is 2.00. The molecule has 1 amide bonds. The van der Waals surface area contributed by atoms with E-state index in [1.807, 2.05) is 4.90 Å². The maximum atomic E-state index is 12.7. The summed E-state index contributed by atoms with van der Waals surface area (Å²) in [5.41, 5.74) is 3.53. The number of carbonyl (C=O) groups excluding carboxylic acids is 1. The standard InChI is InChI=1S/C20H23BrN4O4S/c1-15(18-4-2-3-5-19(18)26)22-23-20(27)14-24-10-12-25(13-11-24)30(28,29)17-8-6-16(21)7-9-17/h2-9,26H,10-14H2,1H3,(H,23,27)/b22-15-. The van der Waals surface area contributed by atoms with Crippen LogP contribution in [-0.2, 0) is 14.8 Å². The van der Waals surface area contributed by atoms with E-state index in [4.69, 9.17) is 0 Å². The number of rotatable bonds is 6. The van der Waals surface area contributed by atoms with Crippen molar-refractivity contribution in [3.63, 3.8) is 0 Å². The summed E-state index contributed by atoms with van der Waals surface area (Å²) in [7, 11) is -3.55. The maximum Gasteiger partial charge on any atom is 0.254 e. The lowest BCUT2D eigenvalue weighted by molar-refractivity contribution is -0.122. The molecule has 2 aromatic rings. The average Bonchev–Trinajstić information content (AvgIpc) is 2.73. The summed E-state index contributed by atoms with van der Waals surface area (Å²) in [6.45, 7) is 3.33. The Hall–Kier alpha value is -2.27. The van der Waals surface area contributed by atoms with Crippen LogP contribution < -0.4 is 5.43 Å². The van der Waals surface area contributed by atoms with Crippen LogP contribution in [0, 0.1) is 0 Å². The summed E-state index contributed by atoms with van der Waals surface area (Å²) in [4.78, 5) is 14.3. The first-order chi connectivity index (χ1) is 14.3. The first kappa shape index (κ1) is 22.4. The van der Waals surface area contributed by atoms with Gasteiger partial charge in [-0.05, 0) is 43.3 Å². The largest absolute Gasteiger partial charge is 0.507 e. The van der Waals surface area contributed by atoms with Gasteiger partial charge in [0.2, 0.25) is 10.0 Å². The van der Waals surface area contributed by atoms with Crippen LogP contribution in [0.15, 0.2) is 63.0 Å². The molecule has 2 aromatic carbocycles. The average molecular weight is 495 g/mol.